The van der Waals surface area contributed by atoms with Crippen molar-refractivity contribution in [2.45, 2.75) is 76.7 Å². The second kappa shape index (κ2) is 6.97. The first-order valence-corrected chi connectivity index (χ1v) is 8.60. The fourth-order valence-corrected chi connectivity index (χ4v) is 3.80. The van der Waals surface area contributed by atoms with Crippen molar-refractivity contribution < 1.29 is 4.79 Å². The first-order chi connectivity index (χ1) is 9.19. The standard InChI is InChI=1S/C16H28ClNO/c1-2-3-5-13-6-8-14(9-7-13)15(19)18-16(12-17)10-4-11-16/h13-14H,2-12H2,1H3,(H,18,19). The lowest BCUT2D eigenvalue weighted by molar-refractivity contribution is -0.129. The van der Waals surface area contributed by atoms with Crippen LogP contribution in [0.1, 0.15) is 71.1 Å². The number of amides is 1. The van der Waals surface area contributed by atoms with E-state index in [1.54, 1.807) is 0 Å². The van der Waals surface area contributed by atoms with E-state index in [0.29, 0.717) is 5.88 Å². The summed E-state index contributed by atoms with van der Waals surface area (Å²) >= 11 is 6.01. The summed E-state index contributed by atoms with van der Waals surface area (Å²) < 4.78 is 0. The van der Waals surface area contributed by atoms with Crippen LogP contribution >= 0.6 is 11.6 Å². The molecule has 2 nitrogen and oxygen atoms in total. The van der Waals surface area contributed by atoms with Crippen LogP contribution < -0.4 is 5.32 Å². The number of hydrogen-bond acceptors (Lipinski definition) is 1. The number of nitrogens with one attached hydrogen (secondary N) is 1. The molecule has 1 N–H and O–H groups in total. The number of rotatable bonds is 6. The zero-order valence-corrected chi connectivity index (χ0v) is 13.0. The normalized spacial score (nSPS) is 29.6. The van der Waals surface area contributed by atoms with Gasteiger partial charge < -0.3 is 5.32 Å². The lowest BCUT2D eigenvalue weighted by Crippen LogP contribution is -2.56. The molecule has 1 amide bonds. The fourth-order valence-electron chi connectivity index (χ4n) is 3.47. The van der Waals surface area contributed by atoms with Gasteiger partial charge in [-0.1, -0.05) is 26.2 Å². The van der Waals surface area contributed by atoms with Crippen molar-refractivity contribution in [2.24, 2.45) is 11.8 Å². The summed E-state index contributed by atoms with van der Waals surface area (Å²) in [5.74, 6) is 1.97. The Bertz CT molecular complexity index is 288. The van der Waals surface area contributed by atoms with E-state index in [4.69, 9.17) is 11.6 Å². The van der Waals surface area contributed by atoms with Crippen LogP contribution in [-0.4, -0.2) is 17.3 Å². The van der Waals surface area contributed by atoms with E-state index in [0.717, 1.165) is 31.6 Å². The van der Waals surface area contributed by atoms with Gasteiger partial charge in [-0.05, 0) is 50.9 Å². The number of alkyl halides is 1. The van der Waals surface area contributed by atoms with Gasteiger partial charge in [-0.25, -0.2) is 0 Å². The van der Waals surface area contributed by atoms with Crippen LogP contribution in [0.4, 0.5) is 0 Å². The van der Waals surface area contributed by atoms with Crippen LogP contribution in [0.3, 0.4) is 0 Å². The van der Waals surface area contributed by atoms with Gasteiger partial charge in [0.15, 0.2) is 0 Å². The Balaban J connectivity index is 1.73. The minimum atomic E-state index is -0.0578. The molecule has 2 aliphatic rings. The van der Waals surface area contributed by atoms with Crippen molar-refractivity contribution in [3.05, 3.63) is 0 Å². The Morgan fingerprint density at radius 3 is 2.42 bits per heavy atom. The van der Waals surface area contributed by atoms with Crippen LogP contribution in [0.25, 0.3) is 0 Å². The number of carbonyl (C=O) groups is 1. The molecule has 2 fully saturated rings. The molecule has 3 heteroatoms. The Labute approximate surface area is 122 Å². The first kappa shape index (κ1) is 15.2. The van der Waals surface area contributed by atoms with E-state index in [2.05, 4.69) is 12.2 Å². The molecule has 0 aromatic heterocycles. The highest BCUT2D eigenvalue weighted by atomic mass is 35.5. The maximum atomic E-state index is 12.3. The molecule has 0 aliphatic heterocycles. The van der Waals surface area contributed by atoms with Gasteiger partial charge in [-0.15, -0.1) is 11.6 Å². The van der Waals surface area contributed by atoms with Crippen LogP contribution in [0.2, 0.25) is 0 Å². The summed E-state index contributed by atoms with van der Waals surface area (Å²) in [4.78, 5) is 12.3. The minimum absolute atomic E-state index is 0.0578. The van der Waals surface area contributed by atoms with Gasteiger partial charge in [0, 0.05) is 11.8 Å². The summed E-state index contributed by atoms with van der Waals surface area (Å²) in [6.45, 7) is 2.25. The lowest BCUT2D eigenvalue weighted by atomic mass is 9.76. The Morgan fingerprint density at radius 2 is 1.95 bits per heavy atom. The maximum absolute atomic E-state index is 12.3. The quantitative estimate of drug-likeness (QED) is 0.726. The van der Waals surface area contributed by atoms with Crippen molar-refractivity contribution >= 4 is 17.5 Å². The highest BCUT2D eigenvalue weighted by molar-refractivity contribution is 6.18. The fraction of sp³-hybridized carbons (Fsp3) is 0.938. The molecule has 2 rings (SSSR count). The molecule has 2 saturated carbocycles. The molecular weight excluding hydrogens is 258 g/mol. The number of carbonyl (C=O) groups excluding carboxylic acids is 1. The molecule has 0 saturated heterocycles. The van der Waals surface area contributed by atoms with Crippen molar-refractivity contribution in [1.29, 1.82) is 0 Å². The Kier molecular flexibility index (Phi) is 5.56. The molecule has 110 valence electrons. The average Bonchev–Trinajstić information content (AvgIpc) is 2.41. The Morgan fingerprint density at radius 1 is 1.26 bits per heavy atom. The largest absolute Gasteiger partial charge is 0.349 e. The van der Waals surface area contributed by atoms with E-state index in [9.17, 15) is 4.79 Å². The van der Waals surface area contributed by atoms with Gasteiger partial charge >= 0.3 is 0 Å². The van der Waals surface area contributed by atoms with E-state index in [1.807, 2.05) is 0 Å². The zero-order valence-electron chi connectivity index (χ0n) is 12.2. The molecule has 0 atom stereocenters. The van der Waals surface area contributed by atoms with E-state index in [1.165, 1.54) is 38.5 Å². The first-order valence-electron chi connectivity index (χ1n) is 8.07. The molecule has 19 heavy (non-hydrogen) atoms. The third kappa shape index (κ3) is 3.87. The van der Waals surface area contributed by atoms with Gasteiger partial charge in [0.2, 0.25) is 5.91 Å². The smallest absolute Gasteiger partial charge is 0.223 e. The van der Waals surface area contributed by atoms with Crippen molar-refractivity contribution in [3.8, 4) is 0 Å². The van der Waals surface area contributed by atoms with E-state index < -0.39 is 0 Å². The molecule has 0 aromatic carbocycles. The predicted octanol–water partition coefficient (Wildman–Crippen LogP) is 4.26. The Hall–Kier alpha value is -0.240. The molecule has 0 radical (unpaired) electrons. The number of hydrogen-bond donors (Lipinski definition) is 1. The number of halogens is 1. The maximum Gasteiger partial charge on any atom is 0.223 e. The molecular formula is C16H28ClNO. The summed E-state index contributed by atoms with van der Waals surface area (Å²) in [5, 5.41) is 3.24. The molecule has 0 unspecified atom stereocenters. The lowest BCUT2D eigenvalue weighted by Gasteiger charge is -2.42. The van der Waals surface area contributed by atoms with Gasteiger partial charge in [0.05, 0.1) is 5.54 Å². The summed E-state index contributed by atoms with van der Waals surface area (Å²) in [5.41, 5.74) is -0.0578. The van der Waals surface area contributed by atoms with Crippen LogP contribution in [-0.2, 0) is 4.79 Å². The van der Waals surface area contributed by atoms with Crippen molar-refractivity contribution in [3.63, 3.8) is 0 Å². The zero-order chi connectivity index (χ0) is 13.7. The molecule has 0 aromatic rings. The van der Waals surface area contributed by atoms with E-state index in [-0.39, 0.29) is 17.4 Å². The van der Waals surface area contributed by atoms with Gasteiger partial charge in [0.1, 0.15) is 0 Å². The van der Waals surface area contributed by atoms with Gasteiger partial charge in [-0.2, -0.15) is 0 Å². The van der Waals surface area contributed by atoms with Crippen LogP contribution in [0.15, 0.2) is 0 Å². The van der Waals surface area contributed by atoms with Gasteiger partial charge in [0.25, 0.3) is 0 Å². The predicted molar refractivity (Wildman–Crippen MR) is 80.4 cm³/mol. The topological polar surface area (TPSA) is 29.1 Å². The average molecular weight is 286 g/mol. The SMILES string of the molecule is CCCCC1CCC(C(=O)NC2(CCl)CCC2)CC1. The van der Waals surface area contributed by atoms with Crippen molar-refractivity contribution in [2.75, 3.05) is 5.88 Å². The van der Waals surface area contributed by atoms with Crippen molar-refractivity contribution in [1.82, 2.24) is 5.32 Å². The summed E-state index contributed by atoms with van der Waals surface area (Å²) in [6.07, 6.45) is 12.0. The van der Waals surface area contributed by atoms with Crippen LogP contribution in [0.5, 0.6) is 0 Å². The highest BCUT2D eigenvalue weighted by Gasteiger charge is 2.39. The minimum Gasteiger partial charge on any atom is -0.349 e. The van der Waals surface area contributed by atoms with E-state index >= 15 is 0 Å². The van der Waals surface area contributed by atoms with Crippen LogP contribution in [0, 0.1) is 11.8 Å². The summed E-state index contributed by atoms with van der Waals surface area (Å²) in [6, 6.07) is 0. The molecule has 0 bridgehead atoms. The third-order valence-corrected chi connectivity index (χ3v) is 5.65. The monoisotopic (exact) mass is 285 g/mol. The molecule has 2 aliphatic carbocycles. The molecule has 0 heterocycles. The second-order valence-electron chi connectivity index (χ2n) is 6.62. The second-order valence-corrected chi connectivity index (χ2v) is 6.88. The number of unbranched alkanes of at least 4 members (excludes halogenated alkanes) is 1. The van der Waals surface area contributed by atoms with Gasteiger partial charge in [-0.3, -0.25) is 4.79 Å². The summed E-state index contributed by atoms with van der Waals surface area (Å²) in [7, 11) is 0. The third-order valence-electron chi connectivity index (χ3n) is 5.14. The molecule has 0 spiro atoms. The highest BCUT2D eigenvalue weighted by Crippen LogP contribution is 2.36.